The number of likely N-dealkylation sites (tertiary alicyclic amines) is 1. The molecular weight excluding hydrogens is 262 g/mol. The highest BCUT2D eigenvalue weighted by Crippen LogP contribution is 2.19. The maximum Gasteiger partial charge on any atom is 0.236 e. The summed E-state index contributed by atoms with van der Waals surface area (Å²) in [7, 11) is 0. The van der Waals surface area contributed by atoms with Crippen molar-refractivity contribution in [3.05, 3.63) is 0 Å². The molecule has 1 rings (SSSR count). The fraction of sp³-hybridized carbons (Fsp3) is 0.929. The van der Waals surface area contributed by atoms with Crippen molar-refractivity contribution in [2.45, 2.75) is 52.0 Å². The van der Waals surface area contributed by atoms with Crippen LogP contribution in [0.3, 0.4) is 0 Å². The van der Waals surface area contributed by atoms with Gasteiger partial charge in [0.2, 0.25) is 5.91 Å². The number of hydrogen-bond donors (Lipinski definition) is 2. The van der Waals surface area contributed by atoms with Gasteiger partial charge >= 0.3 is 0 Å². The molecule has 0 aromatic carbocycles. The van der Waals surface area contributed by atoms with Crippen molar-refractivity contribution in [2.24, 2.45) is 11.7 Å². The predicted molar refractivity (Wildman–Crippen MR) is 82.6 cm³/mol. The van der Waals surface area contributed by atoms with Gasteiger partial charge in [0.1, 0.15) is 0 Å². The molecule has 114 valence electrons. The van der Waals surface area contributed by atoms with Gasteiger partial charge in [0.05, 0.1) is 6.04 Å². The molecule has 0 saturated carbocycles. The molecule has 4 nitrogen and oxygen atoms in total. The Hall–Kier alpha value is -0.320. The highest BCUT2D eigenvalue weighted by atomic mass is 35.5. The number of rotatable bonds is 7. The molecule has 5 heteroatoms. The molecule has 0 radical (unpaired) electrons. The van der Waals surface area contributed by atoms with E-state index in [1.54, 1.807) is 0 Å². The summed E-state index contributed by atoms with van der Waals surface area (Å²) < 4.78 is 0. The lowest BCUT2D eigenvalue weighted by Crippen LogP contribution is -2.41. The minimum atomic E-state index is -0.322. The fourth-order valence-electron chi connectivity index (χ4n) is 2.56. The van der Waals surface area contributed by atoms with Gasteiger partial charge in [-0.15, -0.1) is 12.4 Å². The monoisotopic (exact) mass is 291 g/mol. The van der Waals surface area contributed by atoms with E-state index in [1.165, 1.54) is 25.9 Å². The number of nitrogens with zero attached hydrogens (tertiary/aromatic N) is 1. The molecule has 1 amide bonds. The quantitative estimate of drug-likeness (QED) is 0.752. The van der Waals surface area contributed by atoms with Crippen molar-refractivity contribution in [1.29, 1.82) is 0 Å². The summed E-state index contributed by atoms with van der Waals surface area (Å²) >= 11 is 0. The van der Waals surface area contributed by atoms with E-state index in [4.69, 9.17) is 5.73 Å². The van der Waals surface area contributed by atoms with E-state index in [9.17, 15) is 4.79 Å². The van der Waals surface area contributed by atoms with Crippen LogP contribution in [0, 0.1) is 5.92 Å². The zero-order valence-corrected chi connectivity index (χ0v) is 13.2. The van der Waals surface area contributed by atoms with Crippen LogP contribution >= 0.6 is 12.4 Å². The molecule has 1 fully saturated rings. The first-order valence-corrected chi connectivity index (χ1v) is 7.43. The Bertz CT molecular complexity index is 243. The SMILES string of the molecule is CCCC(N)C(=O)NCCC1CCN(CC)CC1.Cl. The second kappa shape index (κ2) is 10.5. The summed E-state index contributed by atoms with van der Waals surface area (Å²) in [5.41, 5.74) is 5.76. The van der Waals surface area contributed by atoms with Gasteiger partial charge in [-0.05, 0) is 51.2 Å². The maximum atomic E-state index is 11.6. The molecule has 0 bridgehead atoms. The van der Waals surface area contributed by atoms with E-state index in [0.717, 1.165) is 38.3 Å². The van der Waals surface area contributed by atoms with Crippen LogP contribution in [0.5, 0.6) is 0 Å². The summed E-state index contributed by atoms with van der Waals surface area (Å²) in [6, 6.07) is -0.322. The van der Waals surface area contributed by atoms with Crippen LogP contribution in [0.15, 0.2) is 0 Å². The standard InChI is InChI=1S/C14H29N3O.ClH/c1-3-5-13(15)14(18)16-9-6-12-7-10-17(4-2)11-8-12;/h12-13H,3-11,15H2,1-2H3,(H,16,18);1H. The van der Waals surface area contributed by atoms with Crippen molar-refractivity contribution in [3.8, 4) is 0 Å². The van der Waals surface area contributed by atoms with Gasteiger partial charge in [-0.25, -0.2) is 0 Å². The summed E-state index contributed by atoms with van der Waals surface area (Å²) in [5.74, 6) is 0.790. The summed E-state index contributed by atoms with van der Waals surface area (Å²) in [4.78, 5) is 14.1. The van der Waals surface area contributed by atoms with Gasteiger partial charge < -0.3 is 16.0 Å². The topological polar surface area (TPSA) is 58.4 Å². The summed E-state index contributed by atoms with van der Waals surface area (Å²) in [6.45, 7) is 8.64. The van der Waals surface area contributed by atoms with Gasteiger partial charge in [0, 0.05) is 6.54 Å². The number of carbonyl (C=O) groups excluding carboxylic acids is 1. The number of carbonyl (C=O) groups is 1. The highest BCUT2D eigenvalue weighted by Gasteiger charge is 2.18. The van der Waals surface area contributed by atoms with E-state index in [2.05, 4.69) is 24.1 Å². The third kappa shape index (κ3) is 7.14. The van der Waals surface area contributed by atoms with Crippen LogP contribution in [0.1, 0.15) is 46.0 Å². The molecule has 0 spiro atoms. The number of amides is 1. The van der Waals surface area contributed by atoms with Crippen molar-refractivity contribution < 1.29 is 4.79 Å². The Kier molecular flexibility index (Phi) is 10.3. The van der Waals surface area contributed by atoms with Crippen molar-refractivity contribution >= 4 is 18.3 Å². The van der Waals surface area contributed by atoms with Crippen molar-refractivity contribution in [1.82, 2.24) is 10.2 Å². The average Bonchev–Trinajstić information content (AvgIpc) is 2.39. The summed E-state index contributed by atoms with van der Waals surface area (Å²) in [5, 5.41) is 2.96. The Morgan fingerprint density at radius 2 is 2.00 bits per heavy atom. The maximum absolute atomic E-state index is 11.6. The van der Waals surface area contributed by atoms with Gasteiger partial charge in [-0.3, -0.25) is 4.79 Å². The molecule has 1 aliphatic heterocycles. The molecule has 19 heavy (non-hydrogen) atoms. The smallest absolute Gasteiger partial charge is 0.236 e. The van der Waals surface area contributed by atoms with Crippen LogP contribution in [-0.2, 0) is 4.79 Å². The number of piperidine rings is 1. The number of halogens is 1. The van der Waals surface area contributed by atoms with Crippen molar-refractivity contribution in [3.63, 3.8) is 0 Å². The molecule has 1 atom stereocenters. The van der Waals surface area contributed by atoms with Crippen LogP contribution in [0.2, 0.25) is 0 Å². The van der Waals surface area contributed by atoms with Gasteiger partial charge in [0.25, 0.3) is 0 Å². The van der Waals surface area contributed by atoms with Crippen LogP contribution < -0.4 is 11.1 Å². The normalized spacial score (nSPS) is 18.7. The van der Waals surface area contributed by atoms with Gasteiger partial charge in [-0.1, -0.05) is 20.3 Å². The lowest BCUT2D eigenvalue weighted by atomic mass is 9.93. The number of nitrogens with one attached hydrogen (secondary N) is 1. The molecular formula is C14H30ClN3O. The first-order valence-electron chi connectivity index (χ1n) is 7.43. The van der Waals surface area contributed by atoms with E-state index >= 15 is 0 Å². The third-order valence-corrected chi connectivity index (χ3v) is 3.94. The minimum Gasteiger partial charge on any atom is -0.355 e. The third-order valence-electron chi connectivity index (χ3n) is 3.94. The van der Waals surface area contributed by atoms with E-state index in [0.29, 0.717) is 0 Å². The second-order valence-electron chi connectivity index (χ2n) is 5.35. The first kappa shape index (κ1) is 18.7. The molecule has 1 heterocycles. The molecule has 0 aliphatic carbocycles. The zero-order valence-electron chi connectivity index (χ0n) is 12.4. The number of hydrogen-bond acceptors (Lipinski definition) is 3. The summed E-state index contributed by atoms with van der Waals surface area (Å²) in [6.07, 6.45) is 5.38. The minimum absolute atomic E-state index is 0. The largest absolute Gasteiger partial charge is 0.355 e. The van der Waals surface area contributed by atoms with Gasteiger partial charge in [0.15, 0.2) is 0 Å². The molecule has 1 unspecified atom stereocenters. The molecule has 0 aromatic rings. The molecule has 0 aromatic heterocycles. The Morgan fingerprint density at radius 3 is 2.53 bits per heavy atom. The molecule has 3 N–H and O–H groups in total. The Labute approximate surface area is 123 Å². The molecule has 1 saturated heterocycles. The van der Waals surface area contributed by atoms with E-state index in [1.807, 2.05) is 0 Å². The number of nitrogens with two attached hydrogens (primary N) is 1. The predicted octanol–water partition coefficient (Wildman–Crippen LogP) is 1.77. The van der Waals surface area contributed by atoms with Gasteiger partial charge in [-0.2, -0.15) is 0 Å². The highest BCUT2D eigenvalue weighted by molar-refractivity contribution is 5.85. The molecule has 1 aliphatic rings. The second-order valence-corrected chi connectivity index (χ2v) is 5.35. The van der Waals surface area contributed by atoms with Crippen molar-refractivity contribution in [2.75, 3.05) is 26.2 Å². The zero-order chi connectivity index (χ0) is 13.4. The van der Waals surface area contributed by atoms with Crippen LogP contribution in [0.4, 0.5) is 0 Å². The first-order chi connectivity index (χ1) is 8.67. The van der Waals surface area contributed by atoms with E-state index < -0.39 is 0 Å². The lowest BCUT2D eigenvalue weighted by molar-refractivity contribution is -0.122. The Morgan fingerprint density at radius 1 is 1.37 bits per heavy atom. The average molecular weight is 292 g/mol. The Balaban J connectivity index is 0.00000324. The van der Waals surface area contributed by atoms with Crippen LogP contribution in [0.25, 0.3) is 0 Å². The lowest BCUT2D eigenvalue weighted by Gasteiger charge is -2.31. The van der Waals surface area contributed by atoms with Crippen LogP contribution in [-0.4, -0.2) is 43.0 Å². The fourth-order valence-corrected chi connectivity index (χ4v) is 2.56. The van der Waals surface area contributed by atoms with E-state index in [-0.39, 0.29) is 24.4 Å².